The van der Waals surface area contributed by atoms with E-state index in [0.29, 0.717) is 12.8 Å². The summed E-state index contributed by atoms with van der Waals surface area (Å²) in [7, 11) is 0. The molecule has 0 bridgehead atoms. The molecule has 0 aliphatic carbocycles. The highest BCUT2D eigenvalue weighted by Crippen LogP contribution is 2.21. The predicted octanol–water partition coefficient (Wildman–Crippen LogP) is 4.33. The Balaban J connectivity index is 1.92. The van der Waals surface area contributed by atoms with Gasteiger partial charge in [-0.05, 0) is 52.5 Å². The molecule has 20 heavy (non-hydrogen) atoms. The van der Waals surface area contributed by atoms with E-state index in [1.807, 2.05) is 25.1 Å². The van der Waals surface area contributed by atoms with Gasteiger partial charge in [-0.1, -0.05) is 24.3 Å². The largest absolute Gasteiger partial charge is 0.302 e. The standard InChI is InChI=1S/C16H14BrFN2/c1-11-6-8-14-16(17)19-15(20(14)10-11)9-7-12-4-2-3-5-13(12)18/h2-6,8,10H,7,9H2,1H3. The minimum atomic E-state index is -0.149. The van der Waals surface area contributed by atoms with Gasteiger partial charge >= 0.3 is 0 Å². The van der Waals surface area contributed by atoms with E-state index < -0.39 is 0 Å². The van der Waals surface area contributed by atoms with Crippen LogP contribution in [0.4, 0.5) is 4.39 Å². The average Bonchev–Trinajstić information content (AvgIpc) is 2.74. The van der Waals surface area contributed by atoms with Gasteiger partial charge in [0, 0.05) is 12.6 Å². The van der Waals surface area contributed by atoms with Crippen LogP contribution in [0.1, 0.15) is 17.0 Å². The fraction of sp³-hybridized carbons (Fsp3) is 0.188. The summed E-state index contributed by atoms with van der Waals surface area (Å²) in [4.78, 5) is 4.53. The molecule has 0 saturated carbocycles. The number of nitrogens with zero attached hydrogens (tertiary/aromatic N) is 2. The SMILES string of the molecule is Cc1ccc2c(Br)nc(CCc3ccccc3F)n2c1. The molecule has 0 amide bonds. The first kappa shape index (κ1) is 13.3. The van der Waals surface area contributed by atoms with Crippen LogP contribution >= 0.6 is 15.9 Å². The maximum absolute atomic E-state index is 13.6. The normalized spacial score (nSPS) is 11.2. The van der Waals surface area contributed by atoms with Gasteiger partial charge in [0.2, 0.25) is 0 Å². The Labute approximate surface area is 125 Å². The number of halogens is 2. The Morgan fingerprint density at radius 1 is 1.15 bits per heavy atom. The van der Waals surface area contributed by atoms with Gasteiger partial charge < -0.3 is 4.40 Å². The van der Waals surface area contributed by atoms with Crippen LogP contribution in [0.3, 0.4) is 0 Å². The van der Waals surface area contributed by atoms with Crippen molar-refractivity contribution in [1.29, 1.82) is 0 Å². The van der Waals surface area contributed by atoms with Crippen molar-refractivity contribution < 1.29 is 4.39 Å². The Kier molecular flexibility index (Phi) is 3.57. The zero-order valence-electron chi connectivity index (χ0n) is 11.1. The highest BCUT2D eigenvalue weighted by atomic mass is 79.9. The number of aromatic nitrogens is 2. The summed E-state index contributed by atoms with van der Waals surface area (Å²) in [5, 5.41) is 0. The molecule has 0 saturated heterocycles. The monoisotopic (exact) mass is 332 g/mol. The van der Waals surface area contributed by atoms with Crippen LogP contribution < -0.4 is 0 Å². The topological polar surface area (TPSA) is 17.3 Å². The number of imidazole rings is 1. The van der Waals surface area contributed by atoms with E-state index >= 15 is 0 Å². The van der Waals surface area contributed by atoms with Crippen LogP contribution in [0, 0.1) is 12.7 Å². The fourth-order valence-corrected chi connectivity index (χ4v) is 2.86. The lowest BCUT2D eigenvalue weighted by Gasteiger charge is -2.04. The molecule has 3 rings (SSSR count). The summed E-state index contributed by atoms with van der Waals surface area (Å²) in [5.74, 6) is 0.794. The number of aryl methyl sites for hydroxylation is 3. The van der Waals surface area contributed by atoms with E-state index in [1.165, 1.54) is 11.6 Å². The van der Waals surface area contributed by atoms with Crippen LogP contribution in [0.15, 0.2) is 47.2 Å². The first-order valence-corrected chi connectivity index (χ1v) is 7.31. The van der Waals surface area contributed by atoms with E-state index in [2.05, 4.69) is 37.6 Å². The van der Waals surface area contributed by atoms with E-state index in [0.717, 1.165) is 21.5 Å². The molecule has 0 unspecified atom stereocenters. The molecule has 3 aromatic rings. The molecular weight excluding hydrogens is 319 g/mol. The van der Waals surface area contributed by atoms with Crippen molar-refractivity contribution >= 4 is 21.4 Å². The maximum atomic E-state index is 13.6. The summed E-state index contributed by atoms with van der Waals surface area (Å²) in [6.07, 6.45) is 3.41. The van der Waals surface area contributed by atoms with E-state index in [9.17, 15) is 4.39 Å². The molecule has 2 heterocycles. The molecule has 2 aromatic heterocycles. The van der Waals surface area contributed by atoms with Crippen LogP contribution in [0.5, 0.6) is 0 Å². The van der Waals surface area contributed by atoms with Gasteiger partial charge in [-0.3, -0.25) is 0 Å². The zero-order chi connectivity index (χ0) is 14.1. The number of hydrogen-bond acceptors (Lipinski definition) is 1. The van der Waals surface area contributed by atoms with E-state index in [1.54, 1.807) is 6.07 Å². The van der Waals surface area contributed by atoms with Gasteiger partial charge in [-0.25, -0.2) is 9.37 Å². The van der Waals surface area contributed by atoms with Gasteiger partial charge in [0.25, 0.3) is 0 Å². The lowest BCUT2D eigenvalue weighted by molar-refractivity contribution is 0.607. The minimum Gasteiger partial charge on any atom is -0.302 e. The average molecular weight is 333 g/mol. The molecule has 4 heteroatoms. The first-order valence-electron chi connectivity index (χ1n) is 6.51. The molecule has 102 valence electrons. The highest BCUT2D eigenvalue weighted by Gasteiger charge is 2.10. The third-order valence-corrected chi connectivity index (χ3v) is 3.97. The number of hydrogen-bond donors (Lipinski definition) is 0. The molecule has 2 nitrogen and oxygen atoms in total. The van der Waals surface area contributed by atoms with E-state index in [4.69, 9.17) is 0 Å². The molecule has 0 N–H and O–H groups in total. The van der Waals surface area contributed by atoms with E-state index in [-0.39, 0.29) is 5.82 Å². The van der Waals surface area contributed by atoms with Crippen LogP contribution in [0.25, 0.3) is 5.52 Å². The molecule has 0 spiro atoms. The Bertz CT molecular complexity index is 764. The number of pyridine rings is 1. The van der Waals surface area contributed by atoms with Gasteiger partial charge in [0.1, 0.15) is 16.2 Å². The number of rotatable bonds is 3. The van der Waals surface area contributed by atoms with Crippen LogP contribution in [-0.2, 0) is 12.8 Å². The molecule has 0 radical (unpaired) electrons. The molecule has 0 aliphatic rings. The van der Waals surface area contributed by atoms with Crippen molar-refractivity contribution in [3.8, 4) is 0 Å². The van der Waals surface area contributed by atoms with Crippen LogP contribution in [-0.4, -0.2) is 9.38 Å². The maximum Gasteiger partial charge on any atom is 0.132 e. The van der Waals surface area contributed by atoms with Gasteiger partial charge in [-0.15, -0.1) is 0 Å². The number of benzene rings is 1. The second-order valence-corrected chi connectivity index (χ2v) is 5.62. The van der Waals surface area contributed by atoms with Gasteiger partial charge in [-0.2, -0.15) is 0 Å². The van der Waals surface area contributed by atoms with Crippen molar-refractivity contribution in [3.63, 3.8) is 0 Å². The molecule has 1 aromatic carbocycles. The van der Waals surface area contributed by atoms with Crippen molar-refractivity contribution in [2.24, 2.45) is 0 Å². The van der Waals surface area contributed by atoms with Gasteiger partial charge in [0.15, 0.2) is 0 Å². The van der Waals surface area contributed by atoms with Crippen molar-refractivity contribution in [2.45, 2.75) is 19.8 Å². The molecule has 0 atom stereocenters. The third-order valence-electron chi connectivity index (χ3n) is 3.39. The van der Waals surface area contributed by atoms with Crippen molar-refractivity contribution in [2.75, 3.05) is 0 Å². The Morgan fingerprint density at radius 3 is 2.75 bits per heavy atom. The summed E-state index contributed by atoms with van der Waals surface area (Å²) < 4.78 is 16.5. The van der Waals surface area contributed by atoms with Gasteiger partial charge in [0.05, 0.1) is 5.52 Å². The summed E-state index contributed by atoms with van der Waals surface area (Å²) in [5.41, 5.74) is 2.95. The number of fused-ring (bicyclic) bond motifs is 1. The fourth-order valence-electron chi connectivity index (χ4n) is 2.34. The van der Waals surface area contributed by atoms with Crippen LogP contribution in [0.2, 0.25) is 0 Å². The Morgan fingerprint density at radius 2 is 1.95 bits per heavy atom. The van der Waals surface area contributed by atoms with Crippen molar-refractivity contribution in [1.82, 2.24) is 9.38 Å². The summed E-state index contributed by atoms with van der Waals surface area (Å²) in [6, 6.07) is 11.0. The first-order chi connectivity index (χ1) is 9.65. The van der Waals surface area contributed by atoms with Crippen molar-refractivity contribution in [3.05, 3.63) is 70.0 Å². The second kappa shape index (κ2) is 5.37. The predicted molar refractivity (Wildman–Crippen MR) is 81.4 cm³/mol. The molecular formula is C16H14BrFN2. The lowest BCUT2D eigenvalue weighted by atomic mass is 10.1. The Hall–Kier alpha value is -1.68. The molecule has 0 fully saturated rings. The summed E-state index contributed by atoms with van der Waals surface area (Å²) >= 11 is 3.48. The lowest BCUT2D eigenvalue weighted by Crippen LogP contribution is -2.00. The smallest absolute Gasteiger partial charge is 0.132 e. The highest BCUT2D eigenvalue weighted by molar-refractivity contribution is 9.10. The second-order valence-electron chi connectivity index (χ2n) is 4.87. The third kappa shape index (κ3) is 2.48. The summed E-state index contributed by atoms with van der Waals surface area (Å²) in [6.45, 7) is 2.05. The molecule has 0 aliphatic heterocycles. The zero-order valence-corrected chi connectivity index (χ0v) is 12.7. The minimum absolute atomic E-state index is 0.149. The quantitative estimate of drug-likeness (QED) is 0.697.